The van der Waals surface area contributed by atoms with Crippen LogP contribution < -0.4 is 10.1 Å². The molecule has 8 nitrogen and oxygen atoms in total. The van der Waals surface area contributed by atoms with Crippen LogP contribution in [0.25, 0.3) is 0 Å². The molecule has 1 aliphatic heterocycles. The van der Waals surface area contributed by atoms with E-state index in [2.05, 4.69) is 5.32 Å². The van der Waals surface area contributed by atoms with Gasteiger partial charge in [-0.05, 0) is 18.6 Å². The van der Waals surface area contributed by atoms with Crippen LogP contribution in [0.1, 0.15) is 31.2 Å². The number of amides is 2. The van der Waals surface area contributed by atoms with Crippen molar-refractivity contribution in [1.29, 1.82) is 0 Å². The van der Waals surface area contributed by atoms with Crippen LogP contribution >= 0.6 is 0 Å². The normalized spacial score (nSPS) is 24.3. The summed E-state index contributed by atoms with van der Waals surface area (Å²) in [5, 5.41) is 23.0. The molecular weight excluding hydrogens is 388 g/mol. The van der Waals surface area contributed by atoms with Gasteiger partial charge in [0, 0.05) is 37.8 Å². The molecule has 2 aliphatic rings. The van der Waals surface area contributed by atoms with Crippen LogP contribution in [0.15, 0.2) is 35.9 Å². The highest BCUT2D eigenvalue weighted by molar-refractivity contribution is 5.96. The second-order valence-corrected chi connectivity index (χ2v) is 7.51. The highest BCUT2D eigenvalue weighted by Gasteiger charge is 2.50. The van der Waals surface area contributed by atoms with Crippen molar-refractivity contribution in [1.82, 2.24) is 10.2 Å². The van der Waals surface area contributed by atoms with Gasteiger partial charge in [0.15, 0.2) is 0 Å². The van der Waals surface area contributed by atoms with Gasteiger partial charge in [0.1, 0.15) is 18.0 Å². The molecule has 0 saturated heterocycles. The van der Waals surface area contributed by atoms with E-state index in [-0.39, 0.29) is 25.0 Å². The molecule has 164 valence electrons. The van der Waals surface area contributed by atoms with Gasteiger partial charge in [0.25, 0.3) is 0 Å². The topological polar surface area (TPSA) is 108 Å². The first-order valence-electron chi connectivity index (χ1n) is 10.4. The van der Waals surface area contributed by atoms with Crippen molar-refractivity contribution in [3.05, 3.63) is 41.5 Å². The number of hydrogen-bond acceptors (Lipinski definition) is 6. The minimum absolute atomic E-state index is 0.112. The molecule has 3 rings (SSSR count). The average Bonchev–Trinajstić information content (AvgIpc) is 3.14. The fourth-order valence-corrected chi connectivity index (χ4v) is 4.18. The maximum Gasteiger partial charge on any atom is 0.247 e. The SMILES string of the molecule is CCCC(=O)N(CCOC)C1C=C(C(=O)NCCO)C2c3ccccc3OC2C1O. The number of benzene rings is 1. The predicted molar refractivity (Wildman–Crippen MR) is 110 cm³/mol. The number of hydrogen-bond donors (Lipinski definition) is 3. The smallest absolute Gasteiger partial charge is 0.247 e. The van der Waals surface area contributed by atoms with Crippen molar-refractivity contribution in [3.8, 4) is 5.75 Å². The number of nitrogens with zero attached hydrogens (tertiary/aromatic N) is 1. The summed E-state index contributed by atoms with van der Waals surface area (Å²) in [6.45, 7) is 2.46. The minimum Gasteiger partial charge on any atom is -0.486 e. The number of para-hydroxylation sites is 1. The third-order valence-corrected chi connectivity index (χ3v) is 5.56. The molecule has 8 heteroatoms. The monoisotopic (exact) mass is 418 g/mol. The summed E-state index contributed by atoms with van der Waals surface area (Å²) in [7, 11) is 1.55. The van der Waals surface area contributed by atoms with E-state index in [1.807, 2.05) is 31.2 Å². The molecule has 0 spiro atoms. The lowest BCUT2D eigenvalue weighted by atomic mass is 9.77. The predicted octanol–water partition coefficient (Wildman–Crippen LogP) is 0.584. The van der Waals surface area contributed by atoms with E-state index >= 15 is 0 Å². The first kappa shape index (κ1) is 22.3. The molecule has 2 amide bonds. The van der Waals surface area contributed by atoms with E-state index in [9.17, 15) is 14.7 Å². The Morgan fingerprint density at radius 2 is 2.07 bits per heavy atom. The standard InChI is InChI=1S/C22H30N2O6/c1-3-6-18(26)24(10-12-29-2)16-13-15(22(28)23-9-11-25)19-14-7-4-5-8-17(14)30-21(19)20(16)27/h4-5,7-8,13,16,19-21,25,27H,3,6,9-12H2,1-2H3,(H,23,28). The number of fused-ring (bicyclic) bond motifs is 3. The largest absolute Gasteiger partial charge is 0.486 e. The van der Waals surface area contributed by atoms with E-state index in [1.54, 1.807) is 18.1 Å². The molecule has 0 bridgehead atoms. The number of aliphatic hydroxyl groups is 2. The zero-order chi connectivity index (χ0) is 21.7. The quantitative estimate of drug-likeness (QED) is 0.542. The third-order valence-electron chi connectivity index (χ3n) is 5.56. The van der Waals surface area contributed by atoms with Gasteiger partial charge in [0.2, 0.25) is 11.8 Å². The van der Waals surface area contributed by atoms with E-state index < -0.39 is 24.2 Å². The minimum atomic E-state index is -1.01. The first-order valence-corrected chi connectivity index (χ1v) is 10.4. The maximum atomic E-state index is 12.9. The molecule has 1 aromatic carbocycles. The van der Waals surface area contributed by atoms with Crippen molar-refractivity contribution in [2.45, 2.75) is 43.9 Å². The molecule has 4 atom stereocenters. The average molecular weight is 418 g/mol. The number of carbonyl (C=O) groups excluding carboxylic acids is 2. The summed E-state index contributed by atoms with van der Waals surface area (Å²) < 4.78 is 11.2. The Labute approximate surface area is 176 Å². The van der Waals surface area contributed by atoms with E-state index in [1.165, 1.54) is 0 Å². The fraction of sp³-hybridized carbons (Fsp3) is 0.545. The summed E-state index contributed by atoms with van der Waals surface area (Å²) in [6, 6.07) is 6.67. The molecule has 0 radical (unpaired) electrons. The second-order valence-electron chi connectivity index (χ2n) is 7.51. The Balaban J connectivity index is 2.01. The van der Waals surface area contributed by atoms with E-state index in [0.29, 0.717) is 37.3 Å². The molecular formula is C22H30N2O6. The van der Waals surface area contributed by atoms with Crippen LogP contribution in [0.4, 0.5) is 0 Å². The van der Waals surface area contributed by atoms with E-state index in [0.717, 1.165) is 5.56 Å². The van der Waals surface area contributed by atoms with Crippen molar-refractivity contribution in [2.75, 3.05) is 33.4 Å². The number of aliphatic hydroxyl groups excluding tert-OH is 2. The first-order chi connectivity index (χ1) is 14.5. The lowest BCUT2D eigenvalue weighted by molar-refractivity contribution is -0.138. The Kier molecular flexibility index (Phi) is 7.47. The summed E-state index contributed by atoms with van der Waals surface area (Å²) in [4.78, 5) is 27.3. The van der Waals surface area contributed by atoms with Gasteiger partial charge in [-0.1, -0.05) is 25.1 Å². The Bertz CT molecular complexity index is 796. The number of carbonyl (C=O) groups is 2. The molecule has 30 heavy (non-hydrogen) atoms. The third kappa shape index (κ3) is 4.35. The molecule has 1 aromatic rings. The molecule has 0 fully saturated rings. The summed E-state index contributed by atoms with van der Waals surface area (Å²) >= 11 is 0. The lowest BCUT2D eigenvalue weighted by Gasteiger charge is -2.40. The van der Waals surface area contributed by atoms with E-state index in [4.69, 9.17) is 14.6 Å². The van der Waals surface area contributed by atoms with Crippen LogP contribution in [0.5, 0.6) is 5.75 Å². The molecule has 1 heterocycles. The van der Waals surface area contributed by atoms with Gasteiger partial charge in [-0.2, -0.15) is 0 Å². The lowest BCUT2D eigenvalue weighted by Crippen LogP contribution is -2.56. The second kappa shape index (κ2) is 10.1. The molecule has 0 saturated carbocycles. The van der Waals surface area contributed by atoms with Gasteiger partial charge in [-0.15, -0.1) is 0 Å². The van der Waals surface area contributed by atoms with Gasteiger partial charge in [-0.25, -0.2) is 0 Å². The Morgan fingerprint density at radius 3 is 2.77 bits per heavy atom. The Morgan fingerprint density at radius 1 is 1.30 bits per heavy atom. The number of rotatable bonds is 9. The van der Waals surface area contributed by atoms with Crippen molar-refractivity contribution >= 4 is 11.8 Å². The number of methoxy groups -OCH3 is 1. The molecule has 4 unspecified atom stereocenters. The zero-order valence-corrected chi connectivity index (χ0v) is 17.4. The number of nitrogens with one attached hydrogen (secondary N) is 1. The van der Waals surface area contributed by atoms with Crippen LogP contribution in [-0.2, 0) is 14.3 Å². The van der Waals surface area contributed by atoms with Crippen LogP contribution in [-0.4, -0.2) is 78.6 Å². The van der Waals surface area contributed by atoms with Crippen LogP contribution in [0.3, 0.4) is 0 Å². The highest BCUT2D eigenvalue weighted by atomic mass is 16.5. The number of ether oxygens (including phenoxy) is 2. The highest BCUT2D eigenvalue weighted by Crippen LogP contribution is 2.47. The van der Waals surface area contributed by atoms with Crippen LogP contribution in [0.2, 0.25) is 0 Å². The zero-order valence-electron chi connectivity index (χ0n) is 17.4. The van der Waals surface area contributed by atoms with Crippen LogP contribution in [0, 0.1) is 0 Å². The molecule has 1 aliphatic carbocycles. The van der Waals surface area contributed by atoms with Gasteiger partial charge >= 0.3 is 0 Å². The summed E-state index contributed by atoms with van der Waals surface area (Å²) in [5.74, 6) is -0.280. The maximum absolute atomic E-state index is 12.9. The van der Waals surface area contributed by atoms with Crippen molar-refractivity contribution in [3.63, 3.8) is 0 Å². The molecule has 0 aromatic heterocycles. The Hall–Kier alpha value is -2.42. The molecule has 3 N–H and O–H groups in total. The van der Waals surface area contributed by atoms with Crippen molar-refractivity contribution < 1.29 is 29.3 Å². The summed E-state index contributed by atoms with van der Waals surface area (Å²) in [6.07, 6.45) is 0.989. The fourth-order valence-electron chi connectivity index (χ4n) is 4.18. The van der Waals surface area contributed by atoms with Gasteiger partial charge in [-0.3, -0.25) is 9.59 Å². The van der Waals surface area contributed by atoms with Crippen molar-refractivity contribution in [2.24, 2.45) is 0 Å². The van der Waals surface area contributed by atoms with Gasteiger partial charge < -0.3 is 29.9 Å². The van der Waals surface area contributed by atoms with Gasteiger partial charge in [0.05, 0.1) is 25.2 Å². The summed E-state index contributed by atoms with van der Waals surface area (Å²) in [5.41, 5.74) is 1.26.